The predicted octanol–water partition coefficient (Wildman–Crippen LogP) is 4.38. The topological polar surface area (TPSA) is 64.4 Å². The Morgan fingerprint density at radius 2 is 1.93 bits per heavy atom. The molecule has 142 valence electrons. The molecule has 3 N–H and O–H groups in total. The van der Waals surface area contributed by atoms with Crippen molar-refractivity contribution in [2.24, 2.45) is 5.73 Å². The van der Waals surface area contributed by atoms with Gasteiger partial charge in [-0.15, -0.1) is 0 Å². The van der Waals surface area contributed by atoms with Gasteiger partial charge in [0.15, 0.2) is 0 Å². The summed E-state index contributed by atoms with van der Waals surface area (Å²) in [6.45, 7) is 3.19. The minimum atomic E-state index is -1.17. The molecule has 0 heterocycles. The van der Waals surface area contributed by atoms with Crippen molar-refractivity contribution in [1.82, 2.24) is 5.32 Å². The fourth-order valence-corrected chi connectivity index (χ4v) is 2.25. The Morgan fingerprint density at radius 1 is 1.22 bits per heavy atom. The van der Waals surface area contributed by atoms with Crippen LogP contribution in [0.5, 0.6) is 11.5 Å². The number of allylic oxidation sites excluding steroid dienone is 2. The first-order valence-electron chi connectivity index (χ1n) is 8.44. The average molecular weight is 372 g/mol. The molecule has 6 heteroatoms. The van der Waals surface area contributed by atoms with E-state index in [-0.39, 0.29) is 17.9 Å². The molecule has 1 atom stereocenters. The second-order valence-electron chi connectivity index (χ2n) is 6.02. The molecule has 1 amide bonds. The first-order chi connectivity index (χ1) is 12.8. The summed E-state index contributed by atoms with van der Waals surface area (Å²) in [7, 11) is 0. The maximum Gasteiger partial charge on any atom is 0.253 e. The molecule has 0 saturated heterocycles. The first-order valence-corrected chi connectivity index (χ1v) is 8.44. The van der Waals surface area contributed by atoms with Crippen molar-refractivity contribution in [3.05, 3.63) is 83.3 Å². The molecule has 2 rings (SSSR count). The van der Waals surface area contributed by atoms with E-state index in [1.807, 2.05) is 6.07 Å². The molecule has 2 aromatic rings. The van der Waals surface area contributed by atoms with E-state index in [4.69, 9.17) is 10.5 Å². The lowest BCUT2D eigenvalue weighted by molar-refractivity contribution is -0.117. The number of nitrogens with one attached hydrogen (secondary N) is 1. The van der Waals surface area contributed by atoms with E-state index in [2.05, 4.69) is 5.32 Å². The van der Waals surface area contributed by atoms with E-state index in [1.54, 1.807) is 25.1 Å². The number of nitrogens with two attached hydrogens (primary N) is 1. The molecule has 0 bridgehead atoms. The number of alkyl halides is 1. The molecule has 27 heavy (non-hydrogen) atoms. The van der Waals surface area contributed by atoms with Crippen LogP contribution in [0.1, 0.15) is 19.4 Å². The van der Waals surface area contributed by atoms with Gasteiger partial charge in [-0.25, -0.2) is 8.78 Å². The number of hydrogen-bond donors (Lipinski definition) is 2. The van der Waals surface area contributed by atoms with Gasteiger partial charge in [-0.3, -0.25) is 4.79 Å². The smallest absolute Gasteiger partial charge is 0.253 e. The van der Waals surface area contributed by atoms with E-state index < -0.39 is 12.1 Å². The van der Waals surface area contributed by atoms with Gasteiger partial charge in [-0.1, -0.05) is 18.2 Å². The van der Waals surface area contributed by atoms with Crippen LogP contribution in [0, 0.1) is 5.82 Å². The van der Waals surface area contributed by atoms with Crippen LogP contribution in [-0.4, -0.2) is 12.1 Å². The zero-order valence-corrected chi connectivity index (χ0v) is 15.2. The number of carbonyl (C=O) groups excluding carboxylic acids is 1. The van der Waals surface area contributed by atoms with Crippen molar-refractivity contribution in [2.75, 3.05) is 0 Å². The Morgan fingerprint density at radius 3 is 2.56 bits per heavy atom. The lowest BCUT2D eigenvalue weighted by Gasteiger charge is -2.10. The summed E-state index contributed by atoms with van der Waals surface area (Å²) in [5.41, 5.74) is 7.04. The van der Waals surface area contributed by atoms with Crippen LogP contribution >= 0.6 is 0 Å². The number of carbonyl (C=O) groups is 1. The molecule has 0 radical (unpaired) electrons. The maximum atomic E-state index is 13.0. The third kappa shape index (κ3) is 6.58. The van der Waals surface area contributed by atoms with Gasteiger partial charge in [0.25, 0.3) is 5.91 Å². The normalized spacial score (nSPS) is 13.2. The fourth-order valence-electron chi connectivity index (χ4n) is 2.25. The average Bonchev–Trinajstić information content (AvgIpc) is 2.62. The van der Waals surface area contributed by atoms with Crippen LogP contribution in [0.2, 0.25) is 0 Å². The minimum absolute atomic E-state index is 0.221. The Balaban J connectivity index is 2.02. The van der Waals surface area contributed by atoms with Crippen LogP contribution in [0.4, 0.5) is 8.78 Å². The third-order valence-corrected chi connectivity index (χ3v) is 3.60. The van der Waals surface area contributed by atoms with Crippen molar-refractivity contribution in [3.8, 4) is 11.5 Å². The highest BCUT2D eigenvalue weighted by Crippen LogP contribution is 2.22. The first kappa shape index (κ1) is 20.2. The lowest BCUT2D eigenvalue weighted by Crippen LogP contribution is -2.25. The molecule has 0 spiro atoms. The van der Waals surface area contributed by atoms with Gasteiger partial charge in [-0.05, 0) is 61.9 Å². The molecule has 4 nitrogen and oxygen atoms in total. The lowest BCUT2D eigenvalue weighted by atomic mass is 10.1. The zero-order valence-electron chi connectivity index (χ0n) is 15.2. The van der Waals surface area contributed by atoms with E-state index in [1.165, 1.54) is 43.3 Å². The summed E-state index contributed by atoms with van der Waals surface area (Å²) in [6, 6.07) is 12.8. The summed E-state index contributed by atoms with van der Waals surface area (Å²) in [5.74, 6) is 0.336. The van der Waals surface area contributed by atoms with Gasteiger partial charge in [0.1, 0.15) is 23.5 Å². The minimum Gasteiger partial charge on any atom is -0.457 e. The van der Waals surface area contributed by atoms with Crippen molar-refractivity contribution >= 4 is 5.91 Å². The third-order valence-electron chi connectivity index (χ3n) is 3.60. The molecule has 0 saturated carbocycles. The summed E-state index contributed by atoms with van der Waals surface area (Å²) in [4.78, 5) is 12.3. The Hall–Kier alpha value is -3.15. The fraction of sp³-hybridized carbons (Fsp3) is 0.190. The van der Waals surface area contributed by atoms with Crippen LogP contribution in [0.3, 0.4) is 0 Å². The van der Waals surface area contributed by atoms with Gasteiger partial charge < -0.3 is 15.8 Å². The van der Waals surface area contributed by atoms with Crippen LogP contribution < -0.4 is 15.8 Å². The predicted molar refractivity (Wildman–Crippen MR) is 101 cm³/mol. The SMILES string of the molecule is C/C(N)=C(\C=C/C(C)F)C(=O)NCc1cccc(Oc2ccc(F)cc2)c1. The molecule has 0 aliphatic rings. The summed E-state index contributed by atoms with van der Waals surface area (Å²) in [5, 5.41) is 2.75. The number of rotatable bonds is 7. The second-order valence-corrected chi connectivity index (χ2v) is 6.02. The number of ether oxygens (including phenoxy) is 1. The Bertz CT molecular complexity index is 840. The van der Waals surface area contributed by atoms with E-state index >= 15 is 0 Å². The monoisotopic (exact) mass is 372 g/mol. The number of benzene rings is 2. The second kappa shape index (κ2) is 9.52. The Labute approximate surface area is 157 Å². The molecule has 0 fully saturated rings. The summed E-state index contributed by atoms with van der Waals surface area (Å²) in [6.07, 6.45) is 1.47. The highest BCUT2D eigenvalue weighted by molar-refractivity contribution is 5.96. The summed E-state index contributed by atoms with van der Waals surface area (Å²) < 4.78 is 31.6. The molecule has 2 aromatic carbocycles. The van der Waals surface area contributed by atoms with Gasteiger partial charge in [-0.2, -0.15) is 0 Å². The zero-order chi connectivity index (χ0) is 19.8. The van der Waals surface area contributed by atoms with Crippen molar-refractivity contribution < 1.29 is 18.3 Å². The van der Waals surface area contributed by atoms with Crippen molar-refractivity contribution in [1.29, 1.82) is 0 Å². The standard InChI is InChI=1S/C21H22F2N2O2/c1-14(22)6-11-20(15(2)24)21(26)25-13-16-4-3-5-19(12-16)27-18-9-7-17(23)8-10-18/h3-12,14H,13,24H2,1-2H3,(H,25,26)/b11-6-,20-15-. The molecule has 0 aliphatic heterocycles. The van der Waals surface area contributed by atoms with Crippen molar-refractivity contribution in [2.45, 2.75) is 26.6 Å². The number of hydrogen-bond acceptors (Lipinski definition) is 3. The van der Waals surface area contributed by atoms with Gasteiger partial charge in [0.2, 0.25) is 0 Å². The van der Waals surface area contributed by atoms with Gasteiger partial charge in [0, 0.05) is 12.2 Å². The van der Waals surface area contributed by atoms with E-state index in [0.717, 1.165) is 5.56 Å². The summed E-state index contributed by atoms with van der Waals surface area (Å²) >= 11 is 0. The molecule has 0 aliphatic carbocycles. The molecular weight excluding hydrogens is 350 g/mol. The molecule has 0 aromatic heterocycles. The Kier molecular flexibility index (Phi) is 7.11. The number of amides is 1. The molecular formula is C21H22F2N2O2. The molecule has 1 unspecified atom stereocenters. The van der Waals surface area contributed by atoms with E-state index in [9.17, 15) is 13.6 Å². The van der Waals surface area contributed by atoms with Crippen LogP contribution in [0.15, 0.2) is 72.0 Å². The maximum absolute atomic E-state index is 13.0. The van der Waals surface area contributed by atoms with Gasteiger partial charge >= 0.3 is 0 Å². The number of halogens is 2. The van der Waals surface area contributed by atoms with Crippen molar-refractivity contribution in [3.63, 3.8) is 0 Å². The highest BCUT2D eigenvalue weighted by atomic mass is 19.1. The van der Waals surface area contributed by atoms with E-state index in [0.29, 0.717) is 17.2 Å². The highest BCUT2D eigenvalue weighted by Gasteiger charge is 2.09. The largest absolute Gasteiger partial charge is 0.457 e. The quantitative estimate of drug-likeness (QED) is 0.560. The van der Waals surface area contributed by atoms with Crippen LogP contribution in [0.25, 0.3) is 0 Å². The van der Waals surface area contributed by atoms with Crippen LogP contribution in [-0.2, 0) is 11.3 Å². The van der Waals surface area contributed by atoms with Gasteiger partial charge in [0.05, 0.1) is 5.57 Å².